The summed E-state index contributed by atoms with van der Waals surface area (Å²) in [5, 5.41) is 18.5. The lowest BCUT2D eigenvalue weighted by molar-refractivity contribution is 0.424. The second-order valence-corrected chi connectivity index (χ2v) is 3.19. The molecular weight excluding hydrogens is 189 g/mol. The maximum absolute atomic E-state index is 8.74. The predicted molar refractivity (Wildman–Crippen MR) is 61.0 cm³/mol. The highest BCUT2D eigenvalue weighted by atomic mass is 16.4. The molecule has 0 atom stereocenters. The zero-order valence-corrected chi connectivity index (χ0v) is 8.04. The number of fused-ring (bicyclic) bond motifs is 1. The second-order valence-electron chi connectivity index (χ2n) is 3.19. The molecule has 0 aliphatic carbocycles. The zero-order valence-electron chi connectivity index (χ0n) is 8.04. The van der Waals surface area contributed by atoms with E-state index in [-0.39, 0.29) is 0 Å². The molecule has 1 aromatic carbocycles. The van der Waals surface area contributed by atoms with Gasteiger partial charge in [-0.1, -0.05) is 30.3 Å². The van der Waals surface area contributed by atoms with E-state index in [9.17, 15) is 0 Å². The van der Waals surface area contributed by atoms with Crippen molar-refractivity contribution in [2.24, 2.45) is 0 Å². The van der Waals surface area contributed by atoms with Crippen LogP contribution in [0.25, 0.3) is 17.0 Å². The van der Waals surface area contributed by atoms with Gasteiger partial charge in [0, 0.05) is 11.6 Å². The van der Waals surface area contributed by atoms with E-state index in [1.54, 1.807) is 12.3 Å². The highest BCUT2D eigenvalue weighted by Gasteiger charge is 2.01. The minimum absolute atomic E-state index is 0.895. The SMILES string of the molecule is OB(O)/C=C/c1cccc2ncccc12. The molecule has 0 bridgehead atoms. The molecule has 0 unspecified atom stereocenters. The fraction of sp³-hybridized carbons (Fsp3) is 0. The Labute approximate surface area is 87.9 Å². The highest BCUT2D eigenvalue weighted by Crippen LogP contribution is 2.17. The summed E-state index contributed by atoms with van der Waals surface area (Å²) in [5.41, 5.74) is 1.82. The number of rotatable bonds is 2. The molecule has 15 heavy (non-hydrogen) atoms. The minimum Gasteiger partial charge on any atom is -0.424 e. The zero-order chi connectivity index (χ0) is 10.7. The third kappa shape index (κ3) is 2.23. The van der Waals surface area contributed by atoms with Crippen LogP contribution in [0.4, 0.5) is 0 Å². The number of aromatic nitrogens is 1. The topological polar surface area (TPSA) is 53.4 Å². The first kappa shape index (κ1) is 9.89. The van der Waals surface area contributed by atoms with Crippen molar-refractivity contribution in [3.05, 3.63) is 48.1 Å². The molecule has 0 amide bonds. The monoisotopic (exact) mass is 199 g/mol. The Kier molecular flexibility index (Phi) is 2.80. The van der Waals surface area contributed by atoms with Crippen LogP contribution >= 0.6 is 0 Å². The molecule has 0 saturated heterocycles. The smallest absolute Gasteiger partial charge is 0.424 e. The van der Waals surface area contributed by atoms with Gasteiger partial charge in [0.2, 0.25) is 0 Å². The third-order valence-electron chi connectivity index (χ3n) is 2.13. The van der Waals surface area contributed by atoms with Gasteiger partial charge in [0.1, 0.15) is 0 Å². The number of pyridine rings is 1. The summed E-state index contributed by atoms with van der Waals surface area (Å²) in [5.74, 6) is 1.32. The molecule has 0 spiro atoms. The Balaban J connectivity index is 2.51. The molecule has 2 aromatic rings. The number of benzene rings is 1. The Hall–Kier alpha value is -1.65. The van der Waals surface area contributed by atoms with E-state index in [1.165, 1.54) is 5.98 Å². The van der Waals surface area contributed by atoms with Crippen molar-refractivity contribution in [1.82, 2.24) is 4.98 Å². The van der Waals surface area contributed by atoms with Gasteiger partial charge >= 0.3 is 7.12 Å². The Morgan fingerprint density at radius 1 is 1.13 bits per heavy atom. The normalized spacial score (nSPS) is 11.1. The van der Waals surface area contributed by atoms with Crippen molar-refractivity contribution in [3.63, 3.8) is 0 Å². The molecule has 0 saturated carbocycles. The third-order valence-corrected chi connectivity index (χ3v) is 2.13. The van der Waals surface area contributed by atoms with Gasteiger partial charge in [0.05, 0.1) is 5.52 Å². The van der Waals surface area contributed by atoms with Crippen LogP contribution in [-0.2, 0) is 0 Å². The second kappa shape index (κ2) is 4.25. The van der Waals surface area contributed by atoms with Crippen LogP contribution in [0.2, 0.25) is 0 Å². The summed E-state index contributed by atoms with van der Waals surface area (Å²) < 4.78 is 0. The lowest BCUT2D eigenvalue weighted by Gasteiger charge is -2.00. The average Bonchev–Trinajstić information content (AvgIpc) is 2.26. The molecule has 0 aliphatic rings. The van der Waals surface area contributed by atoms with Crippen molar-refractivity contribution in [2.75, 3.05) is 0 Å². The van der Waals surface area contributed by atoms with Crippen LogP contribution < -0.4 is 0 Å². The van der Waals surface area contributed by atoms with E-state index in [4.69, 9.17) is 10.0 Å². The van der Waals surface area contributed by atoms with Gasteiger partial charge in [-0.2, -0.15) is 0 Å². The van der Waals surface area contributed by atoms with Crippen LogP contribution in [0.1, 0.15) is 5.56 Å². The van der Waals surface area contributed by atoms with Gasteiger partial charge in [-0.05, 0) is 17.7 Å². The van der Waals surface area contributed by atoms with Crippen molar-refractivity contribution in [1.29, 1.82) is 0 Å². The van der Waals surface area contributed by atoms with Crippen LogP contribution in [0, 0.1) is 0 Å². The molecule has 4 heteroatoms. The largest absolute Gasteiger partial charge is 0.480 e. The van der Waals surface area contributed by atoms with Crippen LogP contribution in [0.15, 0.2) is 42.5 Å². The van der Waals surface area contributed by atoms with Gasteiger partial charge in [-0.3, -0.25) is 4.98 Å². The van der Waals surface area contributed by atoms with Gasteiger partial charge < -0.3 is 10.0 Å². The van der Waals surface area contributed by atoms with Gasteiger partial charge in [0.15, 0.2) is 0 Å². The Morgan fingerprint density at radius 2 is 2.00 bits per heavy atom. The van der Waals surface area contributed by atoms with Crippen molar-refractivity contribution in [3.8, 4) is 0 Å². The lowest BCUT2D eigenvalue weighted by Crippen LogP contribution is -2.05. The van der Waals surface area contributed by atoms with E-state index in [1.807, 2.05) is 30.3 Å². The first-order chi connectivity index (χ1) is 7.27. The van der Waals surface area contributed by atoms with Crippen molar-refractivity contribution < 1.29 is 10.0 Å². The standard InChI is InChI=1S/C11H10BNO2/c14-12(15)7-6-9-3-1-5-11-10(9)4-2-8-13-11/h1-8,14-15H/b7-6+. The Bertz CT molecular complexity index is 491. The predicted octanol–water partition coefficient (Wildman–Crippen LogP) is 1.26. The fourth-order valence-electron chi connectivity index (χ4n) is 1.46. The lowest BCUT2D eigenvalue weighted by atomic mass is 9.90. The summed E-state index contributed by atoms with van der Waals surface area (Å²) in [6, 6.07) is 9.52. The minimum atomic E-state index is -1.42. The molecule has 0 radical (unpaired) electrons. The van der Waals surface area contributed by atoms with Crippen LogP contribution in [0.5, 0.6) is 0 Å². The van der Waals surface area contributed by atoms with E-state index in [0.717, 1.165) is 16.5 Å². The fourth-order valence-corrected chi connectivity index (χ4v) is 1.46. The van der Waals surface area contributed by atoms with E-state index in [0.29, 0.717) is 0 Å². The molecule has 0 fully saturated rings. The van der Waals surface area contributed by atoms with E-state index in [2.05, 4.69) is 4.98 Å². The maximum Gasteiger partial charge on any atom is 0.480 e. The molecule has 74 valence electrons. The van der Waals surface area contributed by atoms with Crippen LogP contribution in [0.3, 0.4) is 0 Å². The van der Waals surface area contributed by atoms with E-state index < -0.39 is 7.12 Å². The summed E-state index contributed by atoms with van der Waals surface area (Å²) >= 11 is 0. The van der Waals surface area contributed by atoms with Gasteiger partial charge in [0.25, 0.3) is 0 Å². The Morgan fingerprint density at radius 3 is 2.80 bits per heavy atom. The molecule has 0 aliphatic heterocycles. The van der Waals surface area contributed by atoms with Crippen molar-refractivity contribution >= 4 is 24.1 Å². The molecule has 2 rings (SSSR count). The number of hydrogen-bond acceptors (Lipinski definition) is 3. The molecule has 1 heterocycles. The summed E-state index contributed by atoms with van der Waals surface area (Å²) in [4.78, 5) is 4.21. The number of nitrogens with zero attached hydrogens (tertiary/aromatic N) is 1. The molecular formula is C11H10BNO2. The summed E-state index contributed by atoms with van der Waals surface area (Å²) in [6.07, 6.45) is 3.41. The highest BCUT2D eigenvalue weighted by molar-refractivity contribution is 6.48. The maximum atomic E-state index is 8.74. The molecule has 2 N–H and O–H groups in total. The first-order valence-corrected chi connectivity index (χ1v) is 4.65. The van der Waals surface area contributed by atoms with E-state index >= 15 is 0 Å². The van der Waals surface area contributed by atoms with Gasteiger partial charge in [-0.25, -0.2) is 0 Å². The van der Waals surface area contributed by atoms with Gasteiger partial charge in [-0.15, -0.1) is 0 Å². The molecule has 3 nitrogen and oxygen atoms in total. The van der Waals surface area contributed by atoms with Crippen LogP contribution in [-0.4, -0.2) is 22.2 Å². The van der Waals surface area contributed by atoms with Crippen molar-refractivity contribution in [2.45, 2.75) is 0 Å². The quantitative estimate of drug-likeness (QED) is 0.715. The average molecular weight is 199 g/mol. The first-order valence-electron chi connectivity index (χ1n) is 4.65. The summed E-state index contributed by atoms with van der Waals surface area (Å²) in [7, 11) is -1.42. The summed E-state index contributed by atoms with van der Waals surface area (Å²) in [6.45, 7) is 0. The molecule has 1 aromatic heterocycles. The number of hydrogen-bond donors (Lipinski definition) is 2.